The van der Waals surface area contributed by atoms with Gasteiger partial charge in [0.05, 0.1) is 5.71 Å². The van der Waals surface area contributed by atoms with Crippen LogP contribution in [0, 0.1) is 0 Å². The molecule has 0 aromatic heterocycles. The third-order valence-electron chi connectivity index (χ3n) is 4.88. The van der Waals surface area contributed by atoms with Crippen molar-refractivity contribution in [2.75, 3.05) is 0 Å². The van der Waals surface area contributed by atoms with Gasteiger partial charge in [0, 0.05) is 0 Å². The smallest absolute Gasteiger partial charge is 0.281 e. The SMILES string of the molecule is CCCC/C(=N\NC(=O)C(O)(c1ccccc1)c1ccccc1)c1ccccc1. The molecular weight excluding hydrogens is 360 g/mol. The van der Waals surface area contributed by atoms with E-state index in [4.69, 9.17) is 0 Å². The van der Waals surface area contributed by atoms with E-state index in [0.717, 1.165) is 30.5 Å². The summed E-state index contributed by atoms with van der Waals surface area (Å²) in [6.07, 6.45) is 2.74. The molecule has 0 saturated carbocycles. The molecule has 4 nitrogen and oxygen atoms in total. The third kappa shape index (κ3) is 4.79. The maximum atomic E-state index is 13.2. The summed E-state index contributed by atoms with van der Waals surface area (Å²) in [5.74, 6) is -0.583. The summed E-state index contributed by atoms with van der Waals surface area (Å²) >= 11 is 0. The van der Waals surface area contributed by atoms with Crippen molar-refractivity contribution in [3.8, 4) is 0 Å². The van der Waals surface area contributed by atoms with Crippen LogP contribution < -0.4 is 5.43 Å². The Hall–Kier alpha value is -3.24. The number of rotatable bonds is 8. The molecule has 3 rings (SSSR count). The first-order valence-corrected chi connectivity index (χ1v) is 9.92. The largest absolute Gasteiger partial charge is 0.372 e. The summed E-state index contributed by atoms with van der Waals surface area (Å²) < 4.78 is 0. The van der Waals surface area contributed by atoms with Crippen LogP contribution in [0.4, 0.5) is 0 Å². The standard InChI is InChI=1S/C25H26N2O2/c1-2-3-19-23(20-13-7-4-8-14-20)26-27-24(28)25(29,21-15-9-5-10-16-21)22-17-11-6-12-18-22/h4-18,29H,2-3,19H2,1H3,(H,27,28)/b26-23+. The van der Waals surface area contributed by atoms with Crippen LogP contribution in [0.25, 0.3) is 0 Å². The van der Waals surface area contributed by atoms with Crippen molar-refractivity contribution in [1.29, 1.82) is 0 Å². The zero-order valence-electron chi connectivity index (χ0n) is 16.6. The van der Waals surface area contributed by atoms with Gasteiger partial charge in [-0.25, -0.2) is 5.43 Å². The predicted molar refractivity (Wildman–Crippen MR) is 117 cm³/mol. The number of carbonyl (C=O) groups excluding carboxylic acids is 1. The zero-order chi connectivity index (χ0) is 20.5. The molecule has 0 bridgehead atoms. The fourth-order valence-corrected chi connectivity index (χ4v) is 3.23. The number of nitrogens with one attached hydrogen (secondary N) is 1. The summed E-state index contributed by atoms with van der Waals surface area (Å²) in [5, 5.41) is 15.9. The summed E-state index contributed by atoms with van der Waals surface area (Å²) in [6.45, 7) is 2.12. The Morgan fingerprint density at radius 3 is 1.83 bits per heavy atom. The Morgan fingerprint density at radius 2 is 1.34 bits per heavy atom. The highest BCUT2D eigenvalue weighted by Gasteiger charge is 2.40. The number of carbonyl (C=O) groups is 1. The highest BCUT2D eigenvalue weighted by Crippen LogP contribution is 2.29. The Morgan fingerprint density at radius 1 is 0.862 bits per heavy atom. The summed E-state index contributed by atoms with van der Waals surface area (Å²) in [4.78, 5) is 13.2. The van der Waals surface area contributed by atoms with Gasteiger partial charge >= 0.3 is 0 Å². The molecule has 1 amide bonds. The molecular formula is C25H26N2O2. The first-order valence-electron chi connectivity index (χ1n) is 9.92. The van der Waals surface area contributed by atoms with Gasteiger partial charge in [-0.15, -0.1) is 0 Å². The van der Waals surface area contributed by atoms with Crippen molar-refractivity contribution >= 4 is 11.6 Å². The van der Waals surface area contributed by atoms with Gasteiger partial charge in [-0.05, 0) is 29.5 Å². The van der Waals surface area contributed by atoms with Crippen LogP contribution in [0.2, 0.25) is 0 Å². The molecule has 0 aliphatic heterocycles. The first-order chi connectivity index (χ1) is 14.2. The Balaban J connectivity index is 1.95. The van der Waals surface area contributed by atoms with E-state index in [-0.39, 0.29) is 0 Å². The number of hydrazone groups is 1. The molecule has 148 valence electrons. The molecule has 0 unspecified atom stereocenters. The minimum atomic E-state index is -1.83. The Kier molecular flexibility index (Phi) is 6.93. The molecule has 0 saturated heterocycles. The maximum absolute atomic E-state index is 13.2. The molecule has 0 radical (unpaired) electrons. The normalized spacial score (nSPS) is 11.9. The topological polar surface area (TPSA) is 61.7 Å². The Bertz CT molecular complexity index is 899. The first kappa shape index (κ1) is 20.5. The Labute approximate surface area is 171 Å². The molecule has 0 aliphatic rings. The second-order valence-electron chi connectivity index (χ2n) is 6.91. The predicted octanol–water partition coefficient (Wildman–Crippen LogP) is 4.63. The average molecular weight is 386 g/mol. The number of hydrogen-bond acceptors (Lipinski definition) is 3. The van der Waals surface area contributed by atoms with Crippen molar-refractivity contribution in [3.63, 3.8) is 0 Å². The minimum absolute atomic E-state index is 0.494. The molecule has 0 heterocycles. The van der Waals surface area contributed by atoms with Crippen molar-refractivity contribution < 1.29 is 9.90 Å². The quantitative estimate of drug-likeness (QED) is 0.438. The van der Waals surface area contributed by atoms with Gasteiger partial charge in [-0.1, -0.05) is 104 Å². The second-order valence-corrected chi connectivity index (χ2v) is 6.91. The van der Waals surface area contributed by atoms with Crippen molar-refractivity contribution in [2.45, 2.75) is 31.8 Å². The van der Waals surface area contributed by atoms with Crippen LogP contribution in [0.3, 0.4) is 0 Å². The third-order valence-corrected chi connectivity index (χ3v) is 4.88. The van der Waals surface area contributed by atoms with E-state index in [1.807, 2.05) is 42.5 Å². The molecule has 2 N–H and O–H groups in total. The summed E-state index contributed by atoms with van der Waals surface area (Å²) in [7, 11) is 0. The van der Waals surface area contributed by atoms with Crippen molar-refractivity contribution in [2.24, 2.45) is 5.10 Å². The number of aliphatic hydroxyl groups is 1. The average Bonchev–Trinajstić information content (AvgIpc) is 2.80. The number of amides is 1. The van der Waals surface area contributed by atoms with Gasteiger partial charge in [-0.3, -0.25) is 4.79 Å². The molecule has 0 aliphatic carbocycles. The van der Waals surface area contributed by atoms with Gasteiger partial charge in [0.1, 0.15) is 0 Å². The van der Waals surface area contributed by atoms with Crippen LogP contribution >= 0.6 is 0 Å². The van der Waals surface area contributed by atoms with Gasteiger partial charge < -0.3 is 5.11 Å². The van der Waals surface area contributed by atoms with Crippen LogP contribution in [-0.2, 0) is 10.4 Å². The van der Waals surface area contributed by atoms with E-state index in [2.05, 4.69) is 17.5 Å². The van der Waals surface area contributed by atoms with Gasteiger partial charge in [0.2, 0.25) is 0 Å². The molecule has 4 heteroatoms. The maximum Gasteiger partial charge on any atom is 0.281 e. The minimum Gasteiger partial charge on any atom is -0.372 e. The van der Waals surface area contributed by atoms with Crippen LogP contribution in [-0.4, -0.2) is 16.7 Å². The number of nitrogens with zero attached hydrogens (tertiary/aromatic N) is 1. The highest BCUT2D eigenvalue weighted by atomic mass is 16.3. The number of hydrogen-bond donors (Lipinski definition) is 2. The van der Waals surface area contributed by atoms with Gasteiger partial charge in [-0.2, -0.15) is 5.10 Å². The van der Waals surface area contributed by atoms with E-state index < -0.39 is 11.5 Å². The lowest BCUT2D eigenvalue weighted by atomic mass is 9.85. The molecule has 0 spiro atoms. The lowest BCUT2D eigenvalue weighted by Gasteiger charge is -2.27. The van der Waals surface area contributed by atoms with E-state index >= 15 is 0 Å². The highest BCUT2D eigenvalue weighted by molar-refractivity contribution is 6.01. The lowest BCUT2D eigenvalue weighted by molar-refractivity contribution is -0.136. The van der Waals surface area contributed by atoms with E-state index in [1.54, 1.807) is 48.5 Å². The number of unbranched alkanes of at least 4 members (excludes halogenated alkanes) is 1. The zero-order valence-corrected chi connectivity index (χ0v) is 16.6. The van der Waals surface area contributed by atoms with Crippen molar-refractivity contribution in [3.05, 3.63) is 108 Å². The van der Waals surface area contributed by atoms with Crippen LogP contribution in [0.15, 0.2) is 96.1 Å². The molecule has 3 aromatic carbocycles. The lowest BCUT2D eigenvalue weighted by Crippen LogP contribution is -2.44. The van der Waals surface area contributed by atoms with Crippen LogP contribution in [0.1, 0.15) is 42.9 Å². The molecule has 29 heavy (non-hydrogen) atoms. The number of benzene rings is 3. The second kappa shape index (κ2) is 9.80. The summed E-state index contributed by atoms with van der Waals surface area (Å²) in [6, 6.07) is 27.7. The van der Waals surface area contributed by atoms with Gasteiger partial charge in [0.15, 0.2) is 5.60 Å². The van der Waals surface area contributed by atoms with Gasteiger partial charge in [0.25, 0.3) is 5.91 Å². The van der Waals surface area contributed by atoms with E-state index in [0.29, 0.717) is 11.1 Å². The van der Waals surface area contributed by atoms with Crippen molar-refractivity contribution in [1.82, 2.24) is 5.43 Å². The fourth-order valence-electron chi connectivity index (χ4n) is 3.23. The monoisotopic (exact) mass is 386 g/mol. The molecule has 0 fully saturated rings. The molecule has 0 atom stereocenters. The summed E-state index contributed by atoms with van der Waals surface area (Å²) in [5.41, 5.74) is 3.54. The van der Waals surface area contributed by atoms with Crippen LogP contribution in [0.5, 0.6) is 0 Å². The molecule has 3 aromatic rings. The van der Waals surface area contributed by atoms with E-state index in [1.165, 1.54) is 0 Å². The fraction of sp³-hybridized carbons (Fsp3) is 0.200. The van der Waals surface area contributed by atoms with E-state index in [9.17, 15) is 9.90 Å².